The van der Waals surface area contributed by atoms with Crippen LogP contribution in [0.4, 0.5) is 28.4 Å². The lowest BCUT2D eigenvalue weighted by Crippen LogP contribution is -2.28. The van der Waals surface area contributed by atoms with E-state index in [1.54, 1.807) is 36.4 Å². The minimum atomic E-state index is -5.33. The summed E-state index contributed by atoms with van der Waals surface area (Å²) in [6, 6.07) is 21.8. The van der Waals surface area contributed by atoms with Gasteiger partial charge in [-0.05, 0) is 73.2 Å². The second-order valence-corrected chi connectivity index (χ2v) is 19.5. The van der Waals surface area contributed by atoms with Crippen molar-refractivity contribution in [1.29, 1.82) is 0 Å². The van der Waals surface area contributed by atoms with Gasteiger partial charge < -0.3 is 5.11 Å². The Labute approximate surface area is 373 Å². The first kappa shape index (κ1) is 46.7. The topological polar surface area (TPSA) is 358 Å². The zero-order valence-electron chi connectivity index (χ0n) is 33.2. The molecule has 0 amide bonds. The van der Waals surface area contributed by atoms with Crippen LogP contribution in [0, 0.1) is 0 Å². The molecule has 1 aliphatic rings. The highest BCUT2D eigenvalue weighted by Gasteiger charge is 2.36. The van der Waals surface area contributed by atoms with Gasteiger partial charge in [-0.15, -0.1) is 5.11 Å². The number of carbonyl (C=O) groups is 2. The Morgan fingerprint density at radius 1 is 0.606 bits per heavy atom. The maximum Gasteiger partial charge on any atom is 0.296 e. The van der Waals surface area contributed by atoms with Crippen molar-refractivity contribution in [2.45, 2.75) is 27.7 Å². The molecule has 0 radical (unpaired) electrons. The molecule has 22 nitrogen and oxygen atoms in total. The Balaban J connectivity index is 1.30. The van der Waals surface area contributed by atoms with Crippen molar-refractivity contribution in [3.05, 3.63) is 125 Å². The lowest BCUT2D eigenvalue weighted by Gasteiger charge is -2.19. The van der Waals surface area contributed by atoms with Crippen LogP contribution in [0.3, 0.4) is 0 Å². The third-order valence-electron chi connectivity index (χ3n) is 9.49. The van der Waals surface area contributed by atoms with Gasteiger partial charge in [0.2, 0.25) is 17.7 Å². The number of Topliss-reactive ketones (excluding diaryl/α,β-unsaturated/α-hetero) is 2. The van der Waals surface area contributed by atoms with Crippen LogP contribution in [0.15, 0.2) is 159 Å². The Kier molecular flexibility index (Phi) is 12.4. The maximum atomic E-state index is 14.2. The molecule has 0 aliphatic heterocycles. The third kappa shape index (κ3) is 9.84. The van der Waals surface area contributed by atoms with Gasteiger partial charge in [0, 0.05) is 21.5 Å². The van der Waals surface area contributed by atoms with Crippen molar-refractivity contribution in [1.82, 2.24) is 0 Å². The van der Waals surface area contributed by atoms with Crippen molar-refractivity contribution in [2.24, 2.45) is 30.6 Å². The predicted molar refractivity (Wildman–Crippen MR) is 238 cm³/mol. The number of rotatable bonds is 13. The standard InChI is InChI=1S/C40H29N7O15S4/c1-21(48)37(40(50)41-23-8-3-2-4-9-23)46-45-32-20-25(63(51,52)53)16-22-17-35(66(60,61)62)38(39(49)36(22)32)47-44-31-15-14-30(26-10-5-6-11-27(26)31)43-42-24-18-29-28(34(19-24)65(57,58)59)12-7-13-33(29)64(54,55)56/h2-20,37,44H,1H3,(H,41,50)(H,51,52,53)(H,54,55,56)(H,57,58,59)(H,60,61,62)/b43-42?,46-45?,47-38+. The van der Waals surface area contributed by atoms with Crippen LogP contribution in [0.1, 0.15) is 22.8 Å². The van der Waals surface area contributed by atoms with E-state index in [1.807, 2.05) is 0 Å². The summed E-state index contributed by atoms with van der Waals surface area (Å²) in [6.07, 6.45) is 0.678. The smallest absolute Gasteiger partial charge is 0.296 e. The number of azo groups is 2. The Bertz CT molecular complexity index is 3690. The van der Waals surface area contributed by atoms with E-state index in [9.17, 15) is 66.6 Å². The third-order valence-corrected chi connectivity index (χ3v) is 13.0. The largest absolute Gasteiger partial charge is 0.494 e. The number of allylic oxidation sites excluding steroid dienone is 1. The molecular weight excluding hydrogens is 947 g/mol. The normalized spacial score (nSPS) is 15.1. The number of hydrazone groups is 1. The second-order valence-electron chi connectivity index (χ2n) is 13.9. The molecule has 0 saturated heterocycles. The number of aliphatic hydroxyl groups is 1. The van der Waals surface area contributed by atoms with Crippen LogP contribution >= 0.6 is 0 Å². The molecule has 66 heavy (non-hydrogen) atoms. The molecule has 26 heteroatoms. The average molecular weight is 976 g/mol. The van der Waals surface area contributed by atoms with E-state index in [-0.39, 0.29) is 33.5 Å². The fourth-order valence-electron chi connectivity index (χ4n) is 6.59. The number of fused-ring (bicyclic) bond motifs is 3. The molecule has 1 atom stereocenters. The van der Waals surface area contributed by atoms with Crippen molar-refractivity contribution in [2.75, 3.05) is 5.43 Å². The van der Waals surface area contributed by atoms with Gasteiger partial charge in [-0.25, -0.2) is 4.99 Å². The molecule has 7 rings (SSSR count). The molecule has 0 aromatic heterocycles. The number of hydrogen-bond acceptors (Lipinski definition) is 17. The average Bonchev–Trinajstić information content (AvgIpc) is 3.23. The summed E-state index contributed by atoms with van der Waals surface area (Å²) in [6.45, 7) is 1.03. The van der Waals surface area contributed by atoms with Gasteiger partial charge in [0.1, 0.15) is 14.7 Å². The van der Waals surface area contributed by atoms with Gasteiger partial charge in [-0.1, -0.05) is 54.6 Å². The van der Waals surface area contributed by atoms with Gasteiger partial charge in [0.25, 0.3) is 40.5 Å². The number of nitrogens with zero attached hydrogens (tertiary/aromatic N) is 6. The summed E-state index contributed by atoms with van der Waals surface area (Å²) in [4.78, 5) is 27.3. The van der Waals surface area contributed by atoms with Crippen LogP contribution < -0.4 is 5.43 Å². The van der Waals surface area contributed by atoms with E-state index in [0.29, 0.717) is 29.0 Å². The molecule has 0 heterocycles. The lowest BCUT2D eigenvalue weighted by atomic mass is 9.93. The summed E-state index contributed by atoms with van der Waals surface area (Å²) >= 11 is 0. The van der Waals surface area contributed by atoms with Gasteiger partial charge in [-0.3, -0.25) is 33.2 Å². The number of ketones is 2. The highest BCUT2D eigenvalue weighted by molar-refractivity contribution is 7.91. The monoisotopic (exact) mass is 975 g/mol. The molecule has 6 N–H and O–H groups in total. The number of hydrogen-bond donors (Lipinski definition) is 6. The first-order valence-electron chi connectivity index (χ1n) is 18.3. The number of carbonyl (C=O) groups excluding carboxylic acids is 2. The van der Waals surface area contributed by atoms with Crippen molar-refractivity contribution >= 4 is 120 Å². The molecule has 0 fully saturated rings. The SMILES string of the molecule is CC(=O)C(N=Nc1cc(S(=O)(=O)O)cc2c1C(=O)/C(=N/Nc1ccc(N=Nc3cc(S(=O)(=O)O)c4cccc(S(=O)(=O)O)c4c3)c3ccccc13)C(S(=O)(=O)O)=C2)C(O)=Nc1ccccc1. The lowest BCUT2D eigenvalue weighted by molar-refractivity contribution is -0.117. The van der Waals surface area contributed by atoms with Gasteiger partial charge in [0.15, 0.2) is 11.5 Å². The molecule has 6 aromatic rings. The predicted octanol–water partition coefficient (Wildman–Crippen LogP) is 7.37. The van der Waals surface area contributed by atoms with Crippen LogP contribution in [0.2, 0.25) is 0 Å². The summed E-state index contributed by atoms with van der Waals surface area (Å²) < 4.78 is 139. The summed E-state index contributed by atoms with van der Waals surface area (Å²) in [5, 5.41) is 30.6. The van der Waals surface area contributed by atoms with Gasteiger partial charge in [-0.2, -0.15) is 54.1 Å². The number of nitrogens with one attached hydrogen (secondary N) is 1. The number of aliphatic imine (C=N–C) groups is 1. The Morgan fingerprint density at radius 2 is 1.26 bits per heavy atom. The molecule has 338 valence electrons. The van der Waals surface area contributed by atoms with E-state index in [0.717, 1.165) is 31.2 Å². The summed E-state index contributed by atoms with van der Waals surface area (Å²) in [5.41, 5.74) is 0.0510. The number of anilines is 1. The number of para-hydroxylation sites is 1. The second kappa shape index (κ2) is 17.6. The van der Waals surface area contributed by atoms with Gasteiger partial charge >= 0.3 is 0 Å². The highest BCUT2D eigenvalue weighted by atomic mass is 32.2. The molecule has 6 aromatic carbocycles. The van der Waals surface area contributed by atoms with Crippen LogP contribution in [-0.2, 0) is 45.3 Å². The maximum absolute atomic E-state index is 14.2. The highest BCUT2D eigenvalue weighted by Crippen LogP contribution is 2.38. The van der Waals surface area contributed by atoms with Gasteiger partial charge in [0.05, 0.1) is 38.9 Å². The first-order chi connectivity index (χ1) is 30.9. The Hall–Kier alpha value is -7.30. The first-order valence-corrected chi connectivity index (χ1v) is 24.1. The molecule has 0 bridgehead atoms. The van der Waals surface area contributed by atoms with Crippen molar-refractivity contribution in [3.63, 3.8) is 0 Å². The summed E-state index contributed by atoms with van der Waals surface area (Å²) in [7, 11) is -20.3. The quantitative estimate of drug-likeness (QED) is 0.0216. The van der Waals surface area contributed by atoms with E-state index >= 15 is 0 Å². The molecule has 1 unspecified atom stereocenters. The molecule has 0 spiro atoms. The molecule has 0 saturated carbocycles. The zero-order valence-corrected chi connectivity index (χ0v) is 36.4. The Morgan fingerprint density at radius 3 is 1.89 bits per heavy atom. The fourth-order valence-corrected chi connectivity index (χ4v) is 9.20. The van der Waals surface area contributed by atoms with Crippen LogP contribution in [0.25, 0.3) is 27.6 Å². The van der Waals surface area contributed by atoms with Crippen LogP contribution in [-0.4, -0.2) is 86.2 Å². The van der Waals surface area contributed by atoms with Crippen molar-refractivity contribution in [3.8, 4) is 0 Å². The summed E-state index contributed by atoms with van der Waals surface area (Å²) in [5.74, 6) is -2.91. The zero-order chi connectivity index (χ0) is 47.9. The van der Waals surface area contributed by atoms with E-state index < -0.39 is 106 Å². The van der Waals surface area contributed by atoms with Crippen molar-refractivity contribution < 1.29 is 66.6 Å². The van der Waals surface area contributed by atoms with E-state index in [2.05, 4.69) is 36.0 Å². The number of aliphatic hydroxyl groups excluding tert-OH is 1. The molecule has 1 aliphatic carbocycles. The molecular formula is C40H29N7O15S4. The van der Waals surface area contributed by atoms with E-state index in [4.69, 9.17) is 0 Å². The fraction of sp³-hybridized carbons (Fsp3) is 0.0500. The van der Waals surface area contributed by atoms with Crippen LogP contribution in [0.5, 0.6) is 0 Å². The number of benzene rings is 6. The minimum Gasteiger partial charge on any atom is -0.494 e. The minimum absolute atomic E-state index is 0.0848. The van der Waals surface area contributed by atoms with E-state index in [1.165, 1.54) is 36.4 Å².